The lowest BCUT2D eigenvalue weighted by Gasteiger charge is -2.26. The number of carbonyl (C=O) groups is 1. The first-order chi connectivity index (χ1) is 18.2. The average molecular weight is 520 g/mol. The van der Waals surface area contributed by atoms with Gasteiger partial charge in [-0.25, -0.2) is 4.98 Å². The maximum Gasteiger partial charge on any atom is 0.252 e. The van der Waals surface area contributed by atoms with Crippen molar-refractivity contribution in [2.75, 3.05) is 56.9 Å². The molecule has 202 valence electrons. The molecule has 0 bridgehead atoms. The summed E-state index contributed by atoms with van der Waals surface area (Å²) in [5.74, 6) is 0.582. The maximum absolute atomic E-state index is 13.0. The minimum absolute atomic E-state index is 0.0383. The minimum atomic E-state index is -0.318. The molecular weight excluding hydrogens is 482 g/mol. The van der Waals surface area contributed by atoms with E-state index in [-0.39, 0.29) is 17.5 Å². The molecular formula is C28H37N7O3. The van der Waals surface area contributed by atoms with E-state index in [1.165, 1.54) is 6.08 Å². The molecule has 0 aliphatic heterocycles. The summed E-state index contributed by atoms with van der Waals surface area (Å²) < 4.78 is 7.53. The maximum atomic E-state index is 13.0. The van der Waals surface area contributed by atoms with Crippen LogP contribution in [0, 0.1) is 6.92 Å². The second kappa shape index (κ2) is 11.6. The van der Waals surface area contributed by atoms with E-state index >= 15 is 0 Å². The van der Waals surface area contributed by atoms with Gasteiger partial charge >= 0.3 is 0 Å². The fraction of sp³-hybridized carbons (Fsp3) is 0.429. The van der Waals surface area contributed by atoms with Crippen molar-refractivity contribution in [3.05, 3.63) is 53.0 Å². The van der Waals surface area contributed by atoms with Gasteiger partial charge in [0.15, 0.2) is 0 Å². The molecule has 3 aromatic rings. The SMILES string of the molecule is C=CC(=O)Nc1cc(Nc2ncc3c(C)cc(=O)n(C4CCCC4)c3n2)c(OC)cc1N(C)CCN(C)C. The van der Waals surface area contributed by atoms with Crippen molar-refractivity contribution >= 4 is 40.0 Å². The third kappa shape index (κ3) is 5.80. The number of anilines is 4. The quantitative estimate of drug-likeness (QED) is 0.386. The van der Waals surface area contributed by atoms with Gasteiger partial charge in [0.25, 0.3) is 5.56 Å². The van der Waals surface area contributed by atoms with Gasteiger partial charge < -0.3 is 25.2 Å². The van der Waals surface area contributed by atoms with Crippen LogP contribution in [-0.4, -0.2) is 66.7 Å². The summed E-state index contributed by atoms with van der Waals surface area (Å²) in [4.78, 5) is 38.7. The second-order valence-corrected chi connectivity index (χ2v) is 10.0. The molecule has 2 N–H and O–H groups in total. The van der Waals surface area contributed by atoms with Crippen LogP contribution in [0.15, 0.2) is 41.8 Å². The number of aromatic nitrogens is 3. The molecule has 0 saturated heterocycles. The molecule has 1 saturated carbocycles. The first-order valence-corrected chi connectivity index (χ1v) is 12.9. The van der Waals surface area contributed by atoms with Gasteiger partial charge in [-0.05, 0) is 51.6 Å². The van der Waals surface area contributed by atoms with Crippen LogP contribution >= 0.6 is 0 Å². The number of ether oxygens (including phenoxy) is 1. The smallest absolute Gasteiger partial charge is 0.252 e. The van der Waals surface area contributed by atoms with E-state index in [0.29, 0.717) is 28.7 Å². The zero-order valence-corrected chi connectivity index (χ0v) is 22.9. The number of nitrogens with zero attached hydrogens (tertiary/aromatic N) is 5. The fourth-order valence-electron chi connectivity index (χ4n) is 4.87. The van der Waals surface area contributed by atoms with Crippen LogP contribution in [0.25, 0.3) is 11.0 Å². The van der Waals surface area contributed by atoms with Gasteiger partial charge in [0, 0.05) is 49.9 Å². The van der Waals surface area contributed by atoms with Gasteiger partial charge in [0.05, 0.1) is 24.2 Å². The topological polar surface area (TPSA) is 105 Å². The van der Waals surface area contributed by atoms with E-state index < -0.39 is 0 Å². The molecule has 38 heavy (non-hydrogen) atoms. The number of hydrogen-bond donors (Lipinski definition) is 2. The van der Waals surface area contributed by atoms with Crippen LogP contribution in [0.5, 0.6) is 5.75 Å². The Balaban J connectivity index is 1.77. The third-order valence-corrected chi connectivity index (χ3v) is 6.99. The lowest BCUT2D eigenvalue weighted by atomic mass is 10.1. The molecule has 1 aliphatic carbocycles. The zero-order chi connectivity index (χ0) is 27.4. The van der Waals surface area contributed by atoms with Crippen molar-refractivity contribution in [1.82, 2.24) is 19.4 Å². The Kier molecular flexibility index (Phi) is 8.31. The van der Waals surface area contributed by atoms with E-state index in [1.54, 1.807) is 25.4 Å². The third-order valence-electron chi connectivity index (χ3n) is 6.99. The molecule has 2 aromatic heterocycles. The van der Waals surface area contributed by atoms with Crippen LogP contribution in [-0.2, 0) is 4.79 Å². The van der Waals surface area contributed by atoms with Crippen LogP contribution in [0.2, 0.25) is 0 Å². The lowest BCUT2D eigenvalue weighted by molar-refractivity contribution is -0.111. The number of hydrogen-bond acceptors (Lipinski definition) is 8. The van der Waals surface area contributed by atoms with E-state index in [1.807, 2.05) is 38.7 Å². The fourth-order valence-corrected chi connectivity index (χ4v) is 4.87. The van der Waals surface area contributed by atoms with Crippen molar-refractivity contribution in [2.24, 2.45) is 0 Å². The van der Waals surface area contributed by atoms with Crippen molar-refractivity contribution in [1.29, 1.82) is 0 Å². The van der Waals surface area contributed by atoms with Crippen molar-refractivity contribution < 1.29 is 9.53 Å². The molecule has 2 heterocycles. The Morgan fingerprint density at radius 2 is 1.92 bits per heavy atom. The second-order valence-electron chi connectivity index (χ2n) is 10.0. The Hall–Kier alpha value is -3.92. The van der Waals surface area contributed by atoms with Crippen molar-refractivity contribution in [3.63, 3.8) is 0 Å². The van der Waals surface area contributed by atoms with Crippen LogP contribution in [0.1, 0.15) is 37.3 Å². The van der Waals surface area contributed by atoms with Gasteiger partial charge in [0.2, 0.25) is 11.9 Å². The monoisotopic (exact) mass is 519 g/mol. The minimum Gasteiger partial charge on any atom is -0.494 e. The van der Waals surface area contributed by atoms with E-state index in [0.717, 1.165) is 55.4 Å². The van der Waals surface area contributed by atoms with Gasteiger partial charge in [-0.15, -0.1) is 0 Å². The van der Waals surface area contributed by atoms with Crippen molar-refractivity contribution in [2.45, 2.75) is 38.6 Å². The number of nitrogens with one attached hydrogen (secondary N) is 2. The number of likely N-dealkylation sites (N-methyl/N-ethyl adjacent to an activating group) is 2. The van der Waals surface area contributed by atoms with E-state index in [2.05, 4.69) is 32.0 Å². The zero-order valence-electron chi connectivity index (χ0n) is 22.9. The largest absolute Gasteiger partial charge is 0.494 e. The molecule has 0 unspecified atom stereocenters. The number of aryl methyl sites for hydroxylation is 1. The van der Waals surface area contributed by atoms with Gasteiger partial charge in [-0.2, -0.15) is 4.98 Å². The summed E-state index contributed by atoms with van der Waals surface area (Å²) in [6.45, 7) is 7.06. The van der Waals surface area contributed by atoms with Crippen LogP contribution in [0.4, 0.5) is 23.0 Å². The number of amides is 1. The van der Waals surface area contributed by atoms with Gasteiger partial charge in [0.1, 0.15) is 11.4 Å². The number of pyridine rings is 1. The molecule has 1 amide bonds. The molecule has 4 rings (SSSR count). The summed E-state index contributed by atoms with van der Waals surface area (Å²) in [5.41, 5.74) is 3.41. The standard InChI is InChI=1S/C28H37N7O3/c1-7-25(36)30-21-15-22(24(38-6)16-23(21)34(5)13-12-33(3)4)31-28-29-17-20-18(2)14-26(37)35(27(20)32-28)19-10-8-9-11-19/h7,14-17,19H,1,8-13H2,2-6H3,(H,30,36)(H,29,31,32). The molecule has 1 fully saturated rings. The number of carbonyl (C=O) groups excluding carboxylic acids is 1. The Bertz CT molecular complexity index is 1390. The molecule has 0 spiro atoms. The predicted molar refractivity (Wildman–Crippen MR) is 153 cm³/mol. The highest BCUT2D eigenvalue weighted by Crippen LogP contribution is 2.38. The Morgan fingerprint density at radius 1 is 1.18 bits per heavy atom. The Labute approximate surface area is 223 Å². The number of fused-ring (bicyclic) bond motifs is 1. The molecule has 0 radical (unpaired) electrons. The lowest BCUT2D eigenvalue weighted by Crippen LogP contribution is -2.29. The van der Waals surface area contributed by atoms with Crippen molar-refractivity contribution in [3.8, 4) is 5.75 Å². The predicted octanol–water partition coefficient (Wildman–Crippen LogP) is 4.09. The van der Waals surface area contributed by atoms with E-state index in [9.17, 15) is 9.59 Å². The molecule has 1 aliphatic rings. The first-order valence-electron chi connectivity index (χ1n) is 12.9. The first kappa shape index (κ1) is 27.1. The normalized spacial score (nSPS) is 13.6. The van der Waals surface area contributed by atoms with Gasteiger partial charge in [-0.3, -0.25) is 14.2 Å². The number of benzene rings is 1. The van der Waals surface area contributed by atoms with Crippen LogP contribution < -0.4 is 25.8 Å². The van der Waals surface area contributed by atoms with E-state index in [4.69, 9.17) is 9.72 Å². The summed E-state index contributed by atoms with van der Waals surface area (Å²) in [6, 6.07) is 5.48. The highest BCUT2D eigenvalue weighted by Gasteiger charge is 2.22. The summed E-state index contributed by atoms with van der Waals surface area (Å²) in [7, 11) is 7.58. The molecule has 10 nitrogen and oxygen atoms in total. The van der Waals surface area contributed by atoms with Gasteiger partial charge in [-0.1, -0.05) is 19.4 Å². The number of methoxy groups -OCH3 is 1. The summed E-state index contributed by atoms with van der Waals surface area (Å²) >= 11 is 0. The molecule has 1 aromatic carbocycles. The van der Waals surface area contributed by atoms with Crippen LogP contribution in [0.3, 0.4) is 0 Å². The summed E-state index contributed by atoms with van der Waals surface area (Å²) in [5, 5.41) is 7.01. The number of rotatable bonds is 10. The average Bonchev–Trinajstić information content (AvgIpc) is 3.41. The Morgan fingerprint density at radius 3 is 2.58 bits per heavy atom. The highest BCUT2D eigenvalue weighted by atomic mass is 16.5. The molecule has 10 heteroatoms. The molecule has 0 atom stereocenters. The highest BCUT2D eigenvalue weighted by molar-refractivity contribution is 6.02. The summed E-state index contributed by atoms with van der Waals surface area (Å²) in [6.07, 6.45) is 7.13.